The predicted molar refractivity (Wildman–Crippen MR) is 47.9 cm³/mol. The van der Waals surface area contributed by atoms with Crippen LogP contribution in [0.5, 0.6) is 5.75 Å². The molecule has 70 valence electrons. The molecule has 1 atom stereocenters. The molecule has 0 saturated carbocycles. The number of hydrogen-bond donors (Lipinski definition) is 2. The summed E-state index contributed by atoms with van der Waals surface area (Å²) in [6.45, 7) is 0. The van der Waals surface area contributed by atoms with E-state index in [1.807, 2.05) is 0 Å². The molecule has 0 aliphatic heterocycles. The Balaban J connectivity index is 2.56. The maximum atomic E-state index is 12.9. The summed E-state index contributed by atoms with van der Waals surface area (Å²) in [7, 11) is 0. The first-order valence-electron chi connectivity index (χ1n) is 4.45. The Bertz CT molecular complexity index is 338. The van der Waals surface area contributed by atoms with E-state index in [9.17, 15) is 9.50 Å². The van der Waals surface area contributed by atoms with Gasteiger partial charge in [-0.15, -0.1) is 0 Å². The number of phenolic OH excluding ortho intramolecular Hbond substituents is 1. The second-order valence-electron chi connectivity index (χ2n) is 3.49. The molecule has 0 spiro atoms. The van der Waals surface area contributed by atoms with Gasteiger partial charge >= 0.3 is 0 Å². The van der Waals surface area contributed by atoms with Crippen LogP contribution in [0.25, 0.3) is 0 Å². The van der Waals surface area contributed by atoms with Crippen LogP contribution in [0, 0.1) is 5.82 Å². The zero-order valence-corrected chi connectivity index (χ0v) is 7.26. The lowest BCUT2D eigenvalue weighted by atomic mass is 9.87. The third kappa shape index (κ3) is 1.40. The van der Waals surface area contributed by atoms with Crippen molar-refractivity contribution in [2.24, 2.45) is 5.73 Å². The zero-order valence-electron chi connectivity index (χ0n) is 7.26. The van der Waals surface area contributed by atoms with Crippen molar-refractivity contribution >= 4 is 0 Å². The van der Waals surface area contributed by atoms with Crippen LogP contribution in [0.15, 0.2) is 12.1 Å². The topological polar surface area (TPSA) is 46.2 Å². The van der Waals surface area contributed by atoms with Gasteiger partial charge in [-0.1, -0.05) is 0 Å². The molecule has 0 aromatic heterocycles. The van der Waals surface area contributed by atoms with Crippen LogP contribution in [0.1, 0.15) is 30.0 Å². The first-order valence-corrected chi connectivity index (χ1v) is 4.45. The minimum Gasteiger partial charge on any atom is -0.508 e. The van der Waals surface area contributed by atoms with Crippen LogP contribution < -0.4 is 5.73 Å². The van der Waals surface area contributed by atoms with Crippen LogP contribution in [0.4, 0.5) is 4.39 Å². The van der Waals surface area contributed by atoms with Gasteiger partial charge in [0.2, 0.25) is 0 Å². The van der Waals surface area contributed by atoms with Crippen LogP contribution >= 0.6 is 0 Å². The van der Waals surface area contributed by atoms with Crippen LogP contribution in [-0.4, -0.2) is 5.11 Å². The van der Waals surface area contributed by atoms with Gasteiger partial charge in [-0.25, -0.2) is 4.39 Å². The SMILES string of the molecule is N[C@@H]1CCCc2c(O)cc(F)cc21. The molecule has 0 radical (unpaired) electrons. The molecule has 0 bridgehead atoms. The van der Waals surface area contributed by atoms with E-state index >= 15 is 0 Å². The smallest absolute Gasteiger partial charge is 0.127 e. The van der Waals surface area contributed by atoms with Gasteiger partial charge in [-0.05, 0) is 36.5 Å². The molecule has 3 N–H and O–H groups in total. The Morgan fingerprint density at radius 3 is 3.00 bits per heavy atom. The summed E-state index contributed by atoms with van der Waals surface area (Å²) in [6, 6.07) is 2.46. The molecule has 1 aliphatic rings. The van der Waals surface area contributed by atoms with Crippen LogP contribution in [0.2, 0.25) is 0 Å². The normalized spacial score (nSPS) is 21.2. The lowest BCUT2D eigenvalue weighted by Crippen LogP contribution is -2.17. The molecular weight excluding hydrogens is 169 g/mol. The number of halogens is 1. The van der Waals surface area contributed by atoms with Crippen molar-refractivity contribution in [2.45, 2.75) is 25.3 Å². The van der Waals surface area contributed by atoms with Gasteiger partial charge in [0.1, 0.15) is 11.6 Å². The van der Waals surface area contributed by atoms with Gasteiger partial charge in [-0.3, -0.25) is 0 Å². The molecule has 0 unspecified atom stereocenters. The van der Waals surface area contributed by atoms with Crippen molar-refractivity contribution in [3.05, 3.63) is 29.1 Å². The average molecular weight is 181 g/mol. The van der Waals surface area contributed by atoms with E-state index in [0.717, 1.165) is 36.5 Å². The maximum Gasteiger partial charge on any atom is 0.127 e. The Morgan fingerprint density at radius 2 is 2.23 bits per heavy atom. The van der Waals surface area contributed by atoms with Crippen molar-refractivity contribution in [1.29, 1.82) is 0 Å². The van der Waals surface area contributed by atoms with E-state index in [-0.39, 0.29) is 11.8 Å². The molecular formula is C10H12FNO. The summed E-state index contributed by atoms with van der Waals surface area (Å²) in [6.07, 6.45) is 2.64. The van der Waals surface area contributed by atoms with Gasteiger partial charge in [-0.2, -0.15) is 0 Å². The third-order valence-corrected chi connectivity index (χ3v) is 2.57. The fourth-order valence-electron chi connectivity index (χ4n) is 1.90. The molecule has 2 rings (SSSR count). The number of benzene rings is 1. The first kappa shape index (κ1) is 8.51. The van der Waals surface area contributed by atoms with Crippen molar-refractivity contribution in [2.75, 3.05) is 0 Å². The average Bonchev–Trinajstić information content (AvgIpc) is 2.07. The Kier molecular flexibility index (Phi) is 1.96. The van der Waals surface area contributed by atoms with E-state index < -0.39 is 5.82 Å². The highest BCUT2D eigenvalue weighted by Crippen LogP contribution is 2.34. The summed E-state index contributed by atoms with van der Waals surface area (Å²) >= 11 is 0. The van der Waals surface area contributed by atoms with Crippen LogP contribution in [0.3, 0.4) is 0 Å². The van der Waals surface area contributed by atoms with Crippen molar-refractivity contribution < 1.29 is 9.50 Å². The molecule has 1 aliphatic carbocycles. The minimum atomic E-state index is -0.409. The molecule has 2 nitrogen and oxygen atoms in total. The van der Waals surface area contributed by atoms with E-state index in [1.54, 1.807) is 0 Å². The second-order valence-corrected chi connectivity index (χ2v) is 3.49. The van der Waals surface area contributed by atoms with Gasteiger partial charge in [0.05, 0.1) is 0 Å². The Hall–Kier alpha value is -1.09. The summed E-state index contributed by atoms with van der Waals surface area (Å²) in [5.41, 5.74) is 7.39. The molecule has 1 aromatic carbocycles. The third-order valence-electron chi connectivity index (χ3n) is 2.57. The fourth-order valence-corrected chi connectivity index (χ4v) is 1.90. The second kappa shape index (κ2) is 3.00. The molecule has 0 fully saturated rings. The standard InChI is InChI=1S/C10H12FNO/c11-6-4-8-7(10(13)5-6)2-1-3-9(8)12/h4-5,9,13H,1-3,12H2/t9-/m1/s1. The van der Waals surface area contributed by atoms with E-state index in [0.29, 0.717) is 0 Å². The van der Waals surface area contributed by atoms with Crippen molar-refractivity contribution in [3.63, 3.8) is 0 Å². The summed E-state index contributed by atoms with van der Waals surface area (Å²) in [5, 5.41) is 9.46. The van der Waals surface area contributed by atoms with Gasteiger partial charge < -0.3 is 10.8 Å². The van der Waals surface area contributed by atoms with Gasteiger partial charge in [0.15, 0.2) is 0 Å². The highest BCUT2D eigenvalue weighted by Gasteiger charge is 2.20. The predicted octanol–water partition coefficient (Wildman–Crippen LogP) is 1.87. The van der Waals surface area contributed by atoms with E-state index in [4.69, 9.17) is 5.73 Å². The number of fused-ring (bicyclic) bond motifs is 1. The maximum absolute atomic E-state index is 12.9. The molecule has 0 heterocycles. The molecule has 13 heavy (non-hydrogen) atoms. The molecule has 0 amide bonds. The van der Waals surface area contributed by atoms with Gasteiger partial charge in [0, 0.05) is 12.1 Å². The summed E-state index contributed by atoms with van der Waals surface area (Å²) < 4.78 is 12.9. The van der Waals surface area contributed by atoms with Gasteiger partial charge in [0.25, 0.3) is 0 Å². The molecule has 3 heteroatoms. The largest absolute Gasteiger partial charge is 0.508 e. The lowest BCUT2D eigenvalue weighted by Gasteiger charge is -2.22. The highest BCUT2D eigenvalue weighted by atomic mass is 19.1. The first-order chi connectivity index (χ1) is 6.18. The van der Waals surface area contributed by atoms with E-state index in [1.165, 1.54) is 6.07 Å². The Morgan fingerprint density at radius 1 is 1.46 bits per heavy atom. The number of nitrogens with two attached hydrogens (primary N) is 1. The lowest BCUT2D eigenvalue weighted by molar-refractivity contribution is 0.447. The molecule has 1 aromatic rings. The fraction of sp³-hybridized carbons (Fsp3) is 0.400. The number of hydrogen-bond acceptors (Lipinski definition) is 2. The van der Waals surface area contributed by atoms with Crippen molar-refractivity contribution in [1.82, 2.24) is 0 Å². The van der Waals surface area contributed by atoms with E-state index in [2.05, 4.69) is 0 Å². The highest BCUT2D eigenvalue weighted by molar-refractivity contribution is 5.42. The number of aromatic hydroxyl groups is 1. The number of phenols is 1. The van der Waals surface area contributed by atoms with Crippen LogP contribution in [-0.2, 0) is 6.42 Å². The monoisotopic (exact) mass is 181 g/mol. The minimum absolute atomic E-state index is 0.0464. The molecule has 0 saturated heterocycles. The zero-order chi connectivity index (χ0) is 9.42. The quantitative estimate of drug-likeness (QED) is 0.641. The summed E-state index contributed by atoms with van der Waals surface area (Å²) in [4.78, 5) is 0. The Labute approximate surface area is 76.2 Å². The van der Waals surface area contributed by atoms with Crippen molar-refractivity contribution in [3.8, 4) is 5.75 Å². The number of rotatable bonds is 0. The summed E-state index contributed by atoms with van der Waals surface area (Å²) in [5.74, 6) is -0.362.